The Labute approximate surface area is 182 Å². The third-order valence-electron chi connectivity index (χ3n) is 5.48. The fourth-order valence-corrected chi connectivity index (χ4v) is 4.54. The molecule has 2 N–H and O–H groups in total. The van der Waals surface area contributed by atoms with Crippen LogP contribution >= 0.6 is 0 Å². The summed E-state index contributed by atoms with van der Waals surface area (Å²) in [6, 6.07) is 8.44. The second kappa shape index (κ2) is 7.68. The molecule has 0 aliphatic heterocycles. The third-order valence-corrected chi connectivity index (χ3v) is 7.31. The van der Waals surface area contributed by atoms with Gasteiger partial charge in [-0.25, -0.2) is 21.5 Å². The van der Waals surface area contributed by atoms with E-state index in [1.807, 2.05) is 6.07 Å². The quantitative estimate of drug-likeness (QED) is 0.557. The van der Waals surface area contributed by atoms with Crippen LogP contribution in [0.4, 0.5) is 20.3 Å². The lowest BCUT2D eigenvalue weighted by molar-refractivity contribution is 0.0853. The van der Waals surface area contributed by atoms with Crippen molar-refractivity contribution in [1.29, 1.82) is 5.26 Å². The zero-order chi connectivity index (χ0) is 23.3. The van der Waals surface area contributed by atoms with Gasteiger partial charge in [0.15, 0.2) is 5.82 Å². The molecule has 1 aromatic carbocycles. The third kappa shape index (κ3) is 3.74. The molecule has 0 amide bonds. The maximum Gasteiger partial charge on any atom is 0.261 e. The lowest BCUT2D eigenvalue weighted by Crippen LogP contribution is -2.22. The Kier molecular flexibility index (Phi) is 5.26. The van der Waals surface area contributed by atoms with E-state index in [0.717, 1.165) is 4.31 Å². The molecule has 1 fully saturated rings. The second-order valence-corrected chi connectivity index (χ2v) is 9.95. The molecule has 0 spiro atoms. The van der Waals surface area contributed by atoms with Crippen molar-refractivity contribution in [3.05, 3.63) is 46.9 Å². The van der Waals surface area contributed by atoms with Crippen molar-refractivity contribution in [3.8, 4) is 6.07 Å². The first-order valence-corrected chi connectivity index (χ1v) is 11.1. The highest BCUT2D eigenvalue weighted by atomic mass is 32.2. The molecule has 0 radical (unpaired) electrons. The monoisotopic (exact) mass is 462 g/mol. The van der Waals surface area contributed by atoms with Crippen molar-refractivity contribution in [2.24, 2.45) is 5.92 Å². The Balaban J connectivity index is 1.74. The number of benzene rings is 1. The number of nitrogens with one attached hydrogen (secondary N) is 2. The van der Waals surface area contributed by atoms with Crippen LogP contribution in [-0.2, 0) is 10.0 Å². The Morgan fingerprint density at radius 3 is 2.56 bits per heavy atom. The maximum atomic E-state index is 13.8. The summed E-state index contributed by atoms with van der Waals surface area (Å²) < 4.78 is 54.5. The fourth-order valence-electron chi connectivity index (χ4n) is 3.64. The standard InChI is InChI=1S/C20H20F2N6O3S/c1-27(2)32(30,31)13-5-3-12(4-6-13)25-18-17-16(8-10-24-19(17)29)28(26-18)15(7-9-23)14-11-20(14,21)22/h3-6,8,10,14-15H,7,11H2,1-2H3,(H,24,29)(H,25,26)/t14-,15-/m1/s1. The molecule has 2 atom stereocenters. The van der Waals surface area contributed by atoms with Gasteiger partial charge in [-0.2, -0.15) is 10.4 Å². The number of hydrogen-bond acceptors (Lipinski definition) is 6. The van der Waals surface area contributed by atoms with Gasteiger partial charge in [-0.15, -0.1) is 0 Å². The molecule has 0 unspecified atom stereocenters. The van der Waals surface area contributed by atoms with E-state index in [0.29, 0.717) is 11.2 Å². The number of sulfonamides is 1. The number of aromatic amines is 1. The zero-order valence-electron chi connectivity index (χ0n) is 17.2. The Morgan fingerprint density at radius 2 is 2.00 bits per heavy atom. The first kappa shape index (κ1) is 21.9. The first-order chi connectivity index (χ1) is 15.1. The van der Waals surface area contributed by atoms with Gasteiger partial charge < -0.3 is 10.3 Å². The minimum atomic E-state index is -3.61. The second-order valence-electron chi connectivity index (χ2n) is 7.80. The molecule has 4 rings (SSSR count). The molecule has 2 aromatic heterocycles. The van der Waals surface area contributed by atoms with Crippen LogP contribution in [0.15, 0.2) is 46.2 Å². The number of H-pyrrole nitrogens is 1. The summed E-state index contributed by atoms with van der Waals surface area (Å²) in [5.41, 5.74) is 0.304. The molecular weight excluding hydrogens is 442 g/mol. The van der Waals surface area contributed by atoms with Gasteiger partial charge in [-0.1, -0.05) is 0 Å². The van der Waals surface area contributed by atoms with Crippen molar-refractivity contribution in [2.45, 2.75) is 29.7 Å². The van der Waals surface area contributed by atoms with Crippen LogP contribution in [0.2, 0.25) is 0 Å². The average molecular weight is 462 g/mol. The molecule has 2 heterocycles. The minimum Gasteiger partial charge on any atom is -0.338 e. The van der Waals surface area contributed by atoms with Gasteiger partial charge in [-0.3, -0.25) is 9.48 Å². The van der Waals surface area contributed by atoms with Gasteiger partial charge in [0.2, 0.25) is 10.0 Å². The van der Waals surface area contributed by atoms with Crippen molar-refractivity contribution >= 4 is 32.4 Å². The number of aromatic nitrogens is 3. The number of hydrogen-bond donors (Lipinski definition) is 2. The lowest BCUT2D eigenvalue weighted by Gasteiger charge is -2.15. The van der Waals surface area contributed by atoms with Crippen LogP contribution in [0.5, 0.6) is 0 Å². The predicted molar refractivity (Wildman–Crippen MR) is 113 cm³/mol. The number of nitrogens with zero attached hydrogens (tertiary/aromatic N) is 4. The average Bonchev–Trinajstić information content (AvgIpc) is 3.21. The highest BCUT2D eigenvalue weighted by Gasteiger charge is 2.61. The van der Waals surface area contributed by atoms with E-state index in [-0.39, 0.29) is 28.9 Å². The molecular formula is C20H20F2N6O3S. The zero-order valence-corrected chi connectivity index (χ0v) is 18.0. The number of rotatable bonds is 7. The molecule has 1 saturated carbocycles. The number of anilines is 2. The summed E-state index contributed by atoms with van der Waals surface area (Å²) in [5.74, 6) is -3.78. The van der Waals surface area contributed by atoms with E-state index in [2.05, 4.69) is 15.4 Å². The summed E-state index contributed by atoms with van der Waals surface area (Å²) in [4.78, 5) is 15.1. The molecule has 3 aromatic rings. The minimum absolute atomic E-state index is 0.0892. The molecule has 1 aliphatic carbocycles. The number of alkyl halides is 2. The smallest absolute Gasteiger partial charge is 0.261 e. The summed E-state index contributed by atoms with van der Waals surface area (Å²) in [6.45, 7) is 0. The number of nitriles is 1. The predicted octanol–water partition coefficient (Wildman–Crippen LogP) is 2.83. The van der Waals surface area contributed by atoms with Crippen LogP contribution in [0.25, 0.3) is 10.9 Å². The number of pyridine rings is 1. The molecule has 12 heteroatoms. The highest BCUT2D eigenvalue weighted by molar-refractivity contribution is 7.89. The summed E-state index contributed by atoms with van der Waals surface area (Å²) in [5, 5.41) is 16.7. The van der Waals surface area contributed by atoms with Gasteiger partial charge in [0, 0.05) is 32.4 Å². The SMILES string of the molecule is CN(C)S(=O)(=O)c1ccc(Nc2nn([C@H](CC#N)[C@H]3CC3(F)F)c3cc[nH]c(=O)c23)cc1. The summed E-state index contributed by atoms with van der Waals surface area (Å²) in [7, 11) is -0.757. The van der Waals surface area contributed by atoms with E-state index in [1.54, 1.807) is 6.07 Å². The Hall–Kier alpha value is -3.30. The normalized spacial score (nSPS) is 18.4. The van der Waals surface area contributed by atoms with Crippen LogP contribution in [0.3, 0.4) is 0 Å². The van der Waals surface area contributed by atoms with E-state index >= 15 is 0 Å². The maximum absolute atomic E-state index is 13.8. The fraction of sp³-hybridized carbons (Fsp3) is 0.350. The molecule has 0 bridgehead atoms. The largest absolute Gasteiger partial charge is 0.338 e. The van der Waals surface area contributed by atoms with Crippen LogP contribution < -0.4 is 10.9 Å². The molecule has 0 saturated heterocycles. The molecule has 168 valence electrons. The van der Waals surface area contributed by atoms with Crippen LogP contribution in [0.1, 0.15) is 18.9 Å². The number of fused-ring (bicyclic) bond motifs is 1. The van der Waals surface area contributed by atoms with E-state index in [9.17, 15) is 27.3 Å². The highest BCUT2D eigenvalue weighted by Crippen LogP contribution is 2.55. The van der Waals surface area contributed by atoms with E-state index < -0.39 is 33.5 Å². The van der Waals surface area contributed by atoms with Gasteiger partial charge in [0.1, 0.15) is 5.39 Å². The van der Waals surface area contributed by atoms with Crippen molar-refractivity contribution < 1.29 is 17.2 Å². The Morgan fingerprint density at radius 1 is 1.34 bits per heavy atom. The Bertz CT molecular complexity index is 1370. The van der Waals surface area contributed by atoms with Crippen molar-refractivity contribution in [3.63, 3.8) is 0 Å². The van der Waals surface area contributed by atoms with Gasteiger partial charge in [0.25, 0.3) is 11.5 Å². The first-order valence-electron chi connectivity index (χ1n) is 9.70. The van der Waals surface area contributed by atoms with Gasteiger partial charge in [-0.05, 0) is 30.3 Å². The number of halogens is 2. The van der Waals surface area contributed by atoms with Crippen LogP contribution in [-0.4, -0.2) is 47.5 Å². The van der Waals surface area contributed by atoms with Crippen LogP contribution in [0, 0.1) is 17.2 Å². The summed E-state index contributed by atoms with van der Waals surface area (Å²) in [6.07, 6.45) is 0.872. The molecule has 32 heavy (non-hydrogen) atoms. The van der Waals surface area contributed by atoms with Crippen molar-refractivity contribution in [1.82, 2.24) is 19.1 Å². The topological polar surface area (TPSA) is 124 Å². The molecule has 9 nitrogen and oxygen atoms in total. The van der Waals surface area contributed by atoms with Crippen molar-refractivity contribution in [2.75, 3.05) is 19.4 Å². The van der Waals surface area contributed by atoms with E-state index in [1.165, 1.54) is 49.2 Å². The molecule has 1 aliphatic rings. The van der Waals surface area contributed by atoms with Gasteiger partial charge >= 0.3 is 0 Å². The van der Waals surface area contributed by atoms with Gasteiger partial charge in [0.05, 0.1) is 34.9 Å². The van der Waals surface area contributed by atoms with E-state index in [4.69, 9.17) is 0 Å². The summed E-state index contributed by atoms with van der Waals surface area (Å²) >= 11 is 0. The lowest BCUT2D eigenvalue weighted by atomic mass is 10.1.